The van der Waals surface area contributed by atoms with E-state index in [1.165, 1.54) is 14.2 Å². The van der Waals surface area contributed by atoms with Crippen LogP contribution in [0, 0.1) is 0 Å². The van der Waals surface area contributed by atoms with Crippen LogP contribution in [-0.2, 0) is 0 Å². The minimum absolute atomic E-state index is 0.237. The predicted octanol–water partition coefficient (Wildman–Crippen LogP) is -0.326. The van der Waals surface area contributed by atoms with Crippen molar-refractivity contribution in [3.8, 4) is 12.0 Å². The number of nitrogens with two attached hydrogens (primary N) is 1. The SMILES string of the molecule is COc1nc(OC)nc(N(C)CCCN)n1. The molecule has 0 spiro atoms. The third kappa shape index (κ3) is 3.20. The van der Waals surface area contributed by atoms with Gasteiger partial charge in [-0.25, -0.2) is 0 Å². The molecule has 0 aromatic carbocycles. The van der Waals surface area contributed by atoms with E-state index in [1.807, 2.05) is 11.9 Å². The lowest BCUT2D eigenvalue weighted by molar-refractivity contribution is 0.340. The highest BCUT2D eigenvalue weighted by molar-refractivity contribution is 5.30. The summed E-state index contributed by atoms with van der Waals surface area (Å²) in [5.41, 5.74) is 5.44. The minimum atomic E-state index is 0.237. The molecule has 0 saturated carbocycles. The molecule has 1 heterocycles. The molecule has 0 fully saturated rings. The van der Waals surface area contributed by atoms with E-state index < -0.39 is 0 Å². The summed E-state index contributed by atoms with van der Waals surface area (Å²) in [4.78, 5) is 14.0. The molecule has 1 aromatic heterocycles. The van der Waals surface area contributed by atoms with Gasteiger partial charge in [-0.2, -0.15) is 9.97 Å². The average molecular weight is 227 g/mol. The van der Waals surface area contributed by atoms with E-state index in [-0.39, 0.29) is 12.0 Å². The quantitative estimate of drug-likeness (QED) is 0.712. The summed E-state index contributed by atoms with van der Waals surface area (Å²) in [6, 6.07) is 0.475. The molecule has 0 aliphatic heterocycles. The highest BCUT2D eigenvalue weighted by Crippen LogP contribution is 2.14. The van der Waals surface area contributed by atoms with E-state index in [4.69, 9.17) is 15.2 Å². The molecule has 0 aliphatic rings. The Morgan fingerprint density at radius 3 is 2.12 bits per heavy atom. The highest BCUT2D eigenvalue weighted by Gasteiger charge is 2.10. The summed E-state index contributed by atoms with van der Waals surface area (Å²) in [6.45, 7) is 1.40. The molecule has 1 aromatic rings. The zero-order valence-electron chi connectivity index (χ0n) is 9.80. The summed E-state index contributed by atoms with van der Waals surface area (Å²) in [7, 11) is 4.88. The van der Waals surface area contributed by atoms with Crippen molar-refractivity contribution >= 4 is 5.95 Å². The number of anilines is 1. The molecule has 0 amide bonds. The molecule has 0 atom stereocenters. The molecular weight excluding hydrogens is 210 g/mol. The molecule has 0 bridgehead atoms. The summed E-state index contributed by atoms with van der Waals surface area (Å²) in [5, 5.41) is 0. The Morgan fingerprint density at radius 2 is 1.69 bits per heavy atom. The lowest BCUT2D eigenvalue weighted by Crippen LogP contribution is -2.23. The monoisotopic (exact) mass is 227 g/mol. The highest BCUT2D eigenvalue weighted by atomic mass is 16.5. The fourth-order valence-corrected chi connectivity index (χ4v) is 1.11. The van der Waals surface area contributed by atoms with Crippen LogP contribution in [0.5, 0.6) is 12.0 Å². The Balaban J connectivity index is 2.85. The van der Waals surface area contributed by atoms with Gasteiger partial charge in [0.15, 0.2) is 0 Å². The van der Waals surface area contributed by atoms with Crippen molar-refractivity contribution in [1.82, 2.24) is 15.0 Å². The van der Waals surface area contributed by atoms with E-state index in [0.29, 0.717) is 12.5 Å². The van der Waals surface area contributed by atoms with Crippen molar-refractivity contribution in [3.63, 3.8) is 0 Å². The van der Waals surface area contributed by atoms with Crippen molar-refractivity contribution < 1.29 is 9.47 Å². The van der Waals surface area contributed by atoms with Crippen LogP contribution in [0.1, 0.15) is 6.42 Å². The van der Waals surface area contributed by atoms with Gasteiger partial charge in [-0.15, -0.1) is 4.98 Å². The Kier molecular flexibility index (Phi) is 4.71. The molecule has 7 nitrogen and oxygen atoms in total. The largest absolute Gasteiger partial charge is 0.467 e. The fraction of sp³-hybridized carbons (Fsp3) is 0.667. The maximum Gasteiger partial charge on any atom is 0.324 e. The van der Waals surface area contributed by atoms with Crippen molar-refractivity contribution in [1.29, 1.82) is 0 Å². The smallest absolute Gasteiger partial charge is 0.324 e. The zero-order chi connectivity index (χ0) is 12.0. The van der Waals surface area contributed by atoms with Crippen molar-refractivity contribution in [2.45, 2.75) is 6.42 Å². The maximum atomic E-state index is 5.44. The van der Waals surface area contributed by atoms with Crippen molar-refractivity contribution in [3.05, 3.63) is 0 Å². The van der Waals surface area contributed by atoms with E-state index in [0.717, 1.165) is 13.0 Å². The first kappa shape index (κ1) is 12.4. The average Bonchev–Trinajstić information content (AvgIpc) is 2.35. The standard InChI is InChI=1S/C9H17N5O2/c1-14(6-4-5-10)7-11-8(15-2)13-9(12-7)16-3/h4-6,10H2,1-3H3. The van der Waals surface area contributed by atoms with Gasteiger partial charge in [-0.05, 0) is 13.0 Å². The molecule has 0 saturated heterocycles. The van der Waals surface area contributed by atoms with Gasteiger partial charge in [0.1, 0.15) is 0 Å². The van der Waals surface area contributed by atoms with Crippen LogP contribution < -0.4 is 20.1 Å². The summed E-state index contributed by atoms with van der Waals surface area (Å²) in [6.07, 6.45) is 0.868. The lowest BCUT2D eigenvalue weighted by atomic mass is 10.4. The van der Waals surface area contributed by atoms with Crippen LogP contribution in [0.2, 0.25) is 0 Å². The molecule has 7 heteroatoms. The number of hydrogen-bond donors (Lipinski definition) is 1. The van der Waals surface area contributed by atoms with Crippen LogP contribution in [0.3, 0.4) is 0 Å². The fourth-order valence-electron chi connectivity index (χ4n) is 1.11. The van der Waals surface area contributed by atoms with Gasteiger partial charge in [0, 0.05) is 13.6 Å². The number of ether oxygens (including phenoxy) is 2. The van der Waals surface area contributed by atoms with E-state index >= 15 is 0 Å². The number of nitrogens with zero attached hydrogens (tertiary/aromatic N) is 4. The third-order valence-corrected chi connectivity index (χ3v) is 1.99. The summed E-state index contributed by atoms with van der Waals surface area (Å²) < 4.78 is 9.92. The summed E-state index contributed by atoms with van der Waals surface area (Å²) in [5.74, 6) is 0.511. The van der Waals surface area contributed by atoms with Crippen LogP contribution in [0.15, 0.2) is 0 Å². The van der Waals surface area contributed by atoms with Gasteiger partial charge in [0.05, 0.1) is 14.2 Å². The van der Waals surface area contributed by atoms with Gasteiger partial charge in [-0.3, -0.25) is 0 Å². The van der Waals surface area contributed by atoms with E-state index in [2.05, 4.69) is 15.0 Å². The summed E-state index contributed by atoms with van der Waals surface area (Å²) >= 11 is 0. The molecule has 1 rings (SSSR count). The molecule has 0 unspecified atom stereocenters. The second kappa shape index (κ2) is 6.06. The normalized spacial score (nSPS) is 10.0. The van der Waals surface area contributed by atoms with Crippen molar-refractivity contribution in [2.24, 2.45) is 5.73 Å². The van der Waals surface area contributed by atoms with Gasteiger partial charge in [-0.1, -0.05) is 0 Å². The van der Waals surface area contributed by atoms with E-state index in [1.54, 1.807) is 0 Å². The maximum absolute atomic E-state index is 5.44. The Labute approximate surface area is 94.6 Å². The number of methoxy groups -OCH3 is 2. The van der Waals surface area contributed by atoms with E-state index in [9.17, 15) is 0 Å². The van der Waals surface area contributed by atoms with Gasteiger partial charge in [0.2, 0.25) is 5.95 Å². The lowest BCUT2D eigenvalue weighted by Gasteiger charge is -2.16. The van der Waals surface area contributed by atoms with Crippen LogP contribution >= 0.6 is 0 Å². The Hall–Kier alpha value is -1.63. The van der Waals surface area contributed by atoms with Crippen LogP contribution in [-0.4, -0.2) is 49.3 Å². The number of hydrogen-bond acceptors (Lipinski definition) is 7. The van der Waals surface area contributed by atoms with Crippen LogP contribution in [0.25, 0.3) is 0 Å². The Bertz CT molecular complexity index is 311. The molecular formula is C9H17N5O2. The second-order valence-electron chi connectivity index (χ2n) is 3.17. The molecule has 0 radical (unpaired) electrons. The predicted molar refractivity (Wildman–Crippen MR) is 59.9 cm³/mol. The van der Waals surface area contributed by atoms with Gasteiger partial charge < -0.3 is 20.1 Å². The first-order valence-electron chi connectivity index (χ1n) is 4.96. The molecule has 2 N–H and O–H groups in total. The number of rotatable bonds is 6. The topological polar surface area (TPSA) is 86.4 Å². The second-order valence-corrected chi connectivity index (χ2v) is 3.17. The third-order valence-electron chi connectivity index (χ3n) is 1.99. The molecule has 16 heavy (non-hydrogen) atoms. The molecule has 90 valence electrons. The van der Waals surface area contributed by atoms with Crippen molar-refractivity contribution in [2.75, 3.05) is 39.3 Å². The van der Waals surface area contributed by atoms with Gasteiger partial charge >= 0.3 is 12.0 Å². The van der Waals surface area contributed by atoms with Crippen LogP contribution in [0.4, 0.5) is 5.95 Å². The minimum Gasteiger partial charge on any atom is -0.467 e. The number of aromatic nitrogens is 3. The molecule has 0 aliphatic carbocycles. The van der Waals surface area contributed by atoms with Gasteiger partial charge in [0.25, 0.3) is 0 Å². The zero-order valence-corrected chi connectivity index (χ0v) is 9.80. The first-order chi connectivity index (χ1) is 7.71. The Morgan fingerprint density at radius 1 is 1.12 bits per heavy atom. The first-order valence-corrected chi connectivity index (χ1v) is 4.96.